The highest BCUT2D eigenvalue weighted by Crippen LogP contribution is 2.19. The average molecular weight is 234 g/mol. The third-order valence-electron chi connectivity index (χ3n) is 1.98. The number of nitrogens with zero attached hydrogens (tertiary/aromatic N) is 3. The van der Waals surface area contributed by atoms with E-state index in [4.69, 9.17) is 20.1 Å². The van der Waals surface area contributed by atoms with E-state index < -0.39 is 0 Å². The maximum atomic E-state index is 8.34. The van der Waals surface area contributed by atoms with Crippen LogP contribution in [0.25, 0.3) is 11.5 Å². The zero-order valence-electron chi connectivity index (χ0n) is 8.78. The standard InChI is InChI=1S/C10H10N4O3/c11-9(14-15)5-16-8-3-1-7(2-4-8)10-13-12-6-17-10/h1-4,6,15H,5H2,(H2,11,14). The first kappa shape index (κ1) is 10.9. The molecule has 1 aromatic carbocycles. The number of oxime groups is 1. The van der Waals surface area contributed by atoms with Crippen LogP contribution in [-0.4, -0.2) is 27.8 Å². The smallest absolute Gasteiger partial charge is 0.247 e. The summed E-state index contributed by atoms with van der Waals surface area (Å²) in [6, 6.07) is 7.00. The summed E-state index contributed by atoms with van der Waals surface area (Å²) >= 11 is 0. The summed E-state index contributed by atoms with van der Waals surface area (Å²) in [6.45, 7) is 0.0242. The highest BCUT2D eigenvalue weighted by Gasteiger charge is 2.03. The van der Waals surface area contributed by atoms with Gasteiger partial charge < -0.3 is 20.1 Å². The summed E-state index contributed by atoms with van der Waals surface area (Å²) in [5.41, 5.74) is 6.06. The molecule has 17 heavy (non-hydrogen) atoms. The van der Waals surface area contributed by atoms with Gasteiger partial charge in [-0.15, -0.1) is 10.2 Å². The number of amidine groups is 1. The van der Waals surface area contributed by atoms with Gasteiger partial charge in [-0.1, -0.05) is 5.16 Å². The summed E-state index contributed by atoms with van der Waals surface area (Å²) < 4.78 is 10.3. The lowest BCUT2D eigenvalue weighted by atomic mass is 10.2. The van der Waals surface area contributed by atoms with Crippen molar-refractivity contribution in [2.24, 2.45) is 10.9 Å². The second-order valence-electron chi connectivity index (χ2n) is 3.15. The molecule has 2 aromatic rings. The van der Waals surface area contributed by atoms with Crippen LogP contribution in [0.15, 0.2) is 40.2 Å². The van der Waals surface area contributed by atoms with Crippen LogP contribution in [-0.2, 0) is 0 Å². The van der Waals surface area contributed by atoms with Gasteiger partial charge >= 0.3 is 0 Å². The molecule has 0 atom stereocenters. The lowest BCUT2D eigenvalue weighted by Crippen LogP contribution is -2.20. The number of hydrogen-bond donors (Lipinski definition) is 2. The summed E-state index contributed by atoms with van der Waals surface area (Å²) in [5, 5.41) is 18.5. The largest absolute Gasteiger partial charge is 0.486 e. The van der Waals surface area contributed by atoms with Crippen LogP contribution >= 0.6 is 0 Å². The Balaban J connectivity index is 2.03. The second-order valence-corrected chi connectivity index (χ2v) is 3.15. The lowest BCUT2D eigenvalue weighted by molar-refractivity contribution is 0.306. The minimum absolute atomic E-state index is 0.00553. The third-order valence-corrected chi connectivity index (χ3v) is 1.98. The van der Waals surface area contributed by atoms with Gasteiger partial charge in [-0.2, -0.15) is 0 Å². The van der Waals surface area contributed by atoms with Crippen LogP contribution < -0.4 is 10.5 Å². The molecule has 0 saturated heterocycles. The molecule has 2 rings (SSSR count). The zero-order chi connectivity index (χ0) is 12.1. The molecular formula is C10H10N4O3. The third kappa shape index (κ3) is 2.71. The molecule has 0 aliphatic heterocycles. The predicted molar refractivity (Wildman–Crippen MR) is 58.6 cm³/mol. The Morgan fingerprint density at radius 3 is 2.76 bits per heavy atom. The Kier molecular flexibility index (Phi) is 3.20. The van der Waals surface area contributed by atoms with Crippen molar-refractivity contribution in [2.45, 2.75) is 0 Å². The van der Waals surface area contributed by atoms with E-state index in [-0.39, 0.29) is 12.4 Å². The minimum Gasteiger partial charge on any atom is -0.486 e. The lowest BCUT2D eigenvalue weighted by Gasteiger charge is -2.04. The van der Waals surface area contributed by atoms with Crippen molar-refractivity contribution in [1.29, 1.82) is 0 Å². The van der Waals surface area contributed by atoms with Gasteiger partial charge in [0.05, 0.1) is 0 Å². The van der Waals surface area contributed by atoms with Crippen molar-refractivity contribution in [3.8, 4) is 17.2 Å². The summed E-state index contributed by atoms with van der Waals surface area (Å²) in [6.07, 6.45) is 1.26. The van der Waals surface area contributed by atoms with E-state index in [9.17, 15) is 0 Å². The fourth-order valence-corrected chi connectivity index (χ4v) is 1.18. The van der Waals surface area contributed by atoms with Crippen LogP contribution in [0.5, 0.6) is 5.75 Å². The van der Waals surface area contributed by atoms with Crippen molar-refractivity contribution in [3.05, 3.63) is 30.7 Å². The maximum Gasteiger partial charge on any atom is 0.247 e. The molecule has 1 aromatic heterocycles. The predicted octanol–water partition coefficient (Wildman–Crippen LogP) is 0.862. The first-order valence-corrected chi connectivity index (χ1v) is 4.75. The molecule has 1 heterocycles. The zero-order valence-corrected chi connectivity index (χ0v) is 8.78. The minimum atomic E-state index is 0.00553. The maximum absolute atomic E-state index is 8.34. The number of hydrogen-bond acceptors (Lipinski definition) is 6. The van der Waals surface area contributed by atoms with Crippen LogP contribution in [0.1, 0.15) is 0 Å². The quantitative estimate of drug-likeness (QED) is 0.351. The van der Waals surface area contributed by atoms with Gasteiger partial charge in [-0.3, -0.25) is 0 Å². The molecule has 0 radical (unpaired) electrons. The fraction of sp³-hybridized carbons (Fsp3) is 0.100. The molecule has 0 aliphatic rings. The van der Waals surface area contributed by atoms with Crippen molar-refractivity contribution >= 4 is 5.84 Å². The first-order chi connectivity index (χ1) is 8.29. The summed E-state index contributed by atoms with van der Waals surface area (Å²) in [4.78, 5) is 0. The van der Waals surface area contributed by atoms with Crippen LogP contribution in [0, 0.1) is 0 Å². The highest BCUT2D eigenvalue weighted by molar-refractivity contribution is 5.81. The highest BCUT2D eigenvalue weighted by atomic mass is 16.5. The van der Waals surface area contributed by atoms with Crippen molar-refractivity contribution in [2.75, 3.05) is 6.61 Å². The molecule has 0 saturated carbocycles. The number of nitrogens with two attached hydrogens (primary N) is 1. The van der Waals surface area contributed by atoms with Gasteiger partial charge in [0.2, 0.25) is 12.3 Å². The van der Waals surface area contributed by atoms with E-state index in [0.717, 1.165) is 5.56 Å². The van der Waals surface area contributed by atoms with E-state index in [1.54, 1.807) is 24.3 Å². The Bertz CT molecular complexity index is 493. The van der Waals surface area contributed by atoms with Crippen molar-refractivity contribution in [3.63, 3.8) is 0 Å². The SMILES string of the molecule is N/C(COc1ccc(-c2nnco2)cc1)=N\O. The Hall–Kier alpha value is -2.57. The van der Waals surface area contributed by atoms with E-state index in [0.29, 0.717) is 11.6 Å². The van der Waals surface area contributed by atoms with Crippen LogP contribution in [0.2, 0.25) is 0 Å². The Labute approximate surface area is 96.5 Å². The first-order valence-electron chi connectivity index (χ1n) is 4.75. The molecule has 0 amide bonds. The van der Waals surface area contributed by atoms with E-state index >= 15 is 0 Å². The average Bonchev–Trinajstić information content (AvgIpc) is 2.90. The molecule has 3 N–H and O–H groups in total. The second kappa shape index (κ2) is 4.97. The molecule has 7 nitrogen and oxygen atoms in total. The Morgan fingerprint density at radius 1 is 1.41 bits per heavy atom. The molecule has 0 fully saturated rings. The van der Waals surface area contributed by atoms with Gasteiger partial charge in [-0.25, -0.2) is 0 Å². The monoisotopic (exact) mass is 234 g/mol. The number of aromatic nitrogens is 2. The number of rotatable bonds is 4. The van der Waals surface area contributed by atoms with Crippen LogP contribution in [0.4, 0.5) is 0 Å². The fourth-order valence-electron chi connectivity index (χ4n) is 1.18. The number of benzene rings is 1. The van der Waals surface area contributed by atoms with E-state index in [2.05, 4.69) is 15.4 Å². The van der Waals surface area contributed by atoms with Gasteiger partial charge in [0.1, 0.15) is 12.4 Å². The van der Waals surface area contributed by atoms with Gasteiger partial charge in [-0.05, 0) is 24.3 Å². The molecule has 0 spiro atoms. The van der Waals surface area contributed by atoms with Crippen LogP contribution in [0.3, 0.4) is 0 Å². The summed E-state index contributed by atoms with van der Waals surface area (Å²) in [7, 11) is 0. The molecular weight excluding hydrogens is 224 g/mol. The van der Waals surface area contributed by atoms with Gasteiger partial charge in [0.25, 0.3) is 0 Å². The molecule has 0 bridgehead atoms. The Morgan fingerprint density at radius 2 is 2.18 bits per heavy atom. The topological polar surface area (TPSA) is 107 Å². The number of ether oxygens (including phenoxy) is 1. The molecule has 0 unspecified atom stereocenters. The van der Waals surface area contributed by atoms with Crippen molar-refractivity contribution in [1.82, 2.24) is 10.2 Å². The molecule has 88 valence electrons. The molecule has 0 aliphatic carbocycles. The normalized spacial score (nSPS) is 11.4. The van der Waals surface area contributed by atoms with Gasteiger partial charge in [0.15, 0.2) is 5.84 Å². The van der Waals surface area contributed by atoms with E-state index in [1.807, 2.05) is 0 Å². The van der Waals surface area contributed by atoms with Crippen molar-refractivity contribution < 1.29 is 14.4 Å². The summed E-state index contributed by atoms with van der Waals surface area (Å²) in [5.74, 6) is 1.04. The van der Waals surface area contributed by atoms with Gasteiger partial charge in [0, 0.05) is 5.56 Å². The molecule has 7 heteroatoms. The van der Waals surface area contributed by atoms with E-state index in [1.165, 1.54) is 6.39 Å².